The second kappa shape index (κ2) is 16.9. The van der Waals surface area contributed by atoms with Crippen LogP contribution >= 0.6 is 0 Å². The molecule has 0 aliphatic rings. The van der Waals surface area contributed by atoms with E-state index in [1.165, 1.54) is 69.8 Å². The van der Waals surface area contributed by atoms with Crippen molar-refractivity contribution < 1.29 is 65.9 Å². The number of aromatic nitrogens is 2. The van der Waals surface area contributed by atoms with E-state index in [2.05, 4.69) is 6.07 Å². The van der Waals surface area contributed by atoms with E-state index in [9.17, 15) is 63.2 Å². The minimum atomic E-state index is -5.23. The number of halogens is 15. The van der Waals surface area contributed by atoms with E-state index in [-0.39, 0.29) is 67.8 Å². The molecule has 74 heavy (non-hydrogen) atoms. The van der Waals surface area contributed by atoms with Crippen LogP contribution in [0.1, 0.15) is 38.9 Å². The maximum Gasteiger partial charge on any atom is 0.417 e. The molecule has 4 nitrogen and oxygen atoms in total. The Balaban J connectivity index is 1.35. The van der Waals surface area contributed by atoms with Crippen molar-refractivity contribution in [2.75, 3.05) is 0 Å². The number of nitriles is 2. The second-order valence-electron chi connectivity index (χ2n) is 17.1. The van der Waals surface area contributed by atoms with Crippen molar-refractivity contribution in [1.82, 2.24) is 9.13 Å². The van der Waals surface area contributed by atoms with Gasteiger partial charge in [-0.1, -0.05) is 66.7 Å². The molecular formula is C55H25F15N4. The van der Waals surface area contributed by atoms with Crippen molar-refractivity contribution in [1.29, 1.82) is 10.5 Å². The molecule has 0 atom stereocenters. The highest BCUT2D eigenvalue weighted by Gasteiger charge is 2.40. The van der Waals surface area contributed by atoms with E-state index >= 15 is 13.2 Å². The molecule has 0 N–H and O–H groups in total. The van der Waals surface area contributed by atoms with Crippen molar-refractivity contribution in [3.8, 4) is 56.9 Å². The average molecular weight is 1030 g/mol. The fraction of sp³-hybridized carbons (Fsp3) is 0.0909. The number of hydrogen-bond acceptors (Lipinski definition) is 2. The number of fused-ring (bicyclic) bond motifs is 6. The van der Waals surface area contributed by atoms with Crippen molar-refractivity contribution >= 4 is 43.6 Å². The minimum Gasteiger partial charge on any atom is -0.308 e. The minimum absolute atomic E-state index is 0.0356. The fourth-order valence-electron chi connectivity index (χ4n) is 9.48. The summed E-state index contributed by atoms with van der Waals surface area (Å²) in [7, 11) is 0. The van der Waals surface area contributed by atoms with Crippen LogP contribution in [0.2, 0.25) is 0 Å². The van der Waals surface area contributed by atoms with Gasteiger partial charge >= 0.3 is 30.9 Å². The molecule has 0 aliphatic carbocycles. The van der Waals surface area contributed by atoms with Crippen LogP contribution < -0.4 is 0 Å². The number of rotatable bonds is 5. The summed E-state index contributed by atoms with van der Waals surface area (Å²) in [6.07, 6.45) is -26.0. The molecule has 0 saturated carbocycles. The van der Waals surface area contributed by atoms with Crippen LogP contribution in [0.3, 0.4) is 0 Å². The van der Waals surface area contributed by atoms with Gasteiger partial charge in [-0.05, 0) is 113 Å². The van der Waals surface area contributed by atoms with Crippen LogP contribution in [0.4, 0.5) is 65.9 Å². The van der Waals surface area contributed by atoms with E-state index < -0.39 is 81.0 Å². The topological polar surface area (TPSA) is 57.4 Å². The summed E-state index contributed by atoms with van der Waals surface area (Å²) in [5, 5.41) is 23.2. The molecule has 0 spiro atoms. The molecule has 2 aromatic heterocycles. The molecule has 370 valence electrons. The van der Waals surface area contributed by atoms with Gasteiger partial charge in [0.2, 0.25) is 0 Å². The van der Waals surface area contributed by atoms with Crippen LogP contribution in [0.15, 0.2) is 152 Å². The summed E-state index contributed by atoms with van der Waals surface area (Å²) in [6.45, 7) is 0. The van der Waals surface area contributed by atoms with Gasteiger partial charge in [-0.3, -0.25) is 0 Å². The molecule has 10 rings (SSSR count). The number of nitrogens with zero attached hydrogens (tertiary/aromatic N) is 4. The van der Waals surface area contributed by atoms with Gasteiger partial charge in [0.25, 0.3) is 0 Å². The van der Waals surface area contributed by atoms with E-state index in [4.69, 9.17) is 0 Å². The number of hydrogen-bond donors (Lipinski definition) is 0. The zero-order valence-corrected chi connectivity index (χ0v) is 36.9. The zero-order valence-electron chi connectivity index (χ0n) is 36.9. The zero-order chi connectivity index (χ0) is 53.0. The molecule has 19 heteroatoms. The first kappa shape index (κ1) is 48.9. The third-order valence-corrected chi connectivity index (χ3v) is 12.7. The average Bonchev–Trinajstić information content (AvgIpc) is 3.86. The first-order valence-electron chi connectivity index (χ1n) is 21.6. The molecule has 0 aliphatic heterocycles. The monoisotopic (exact) mass is 1030 g/mol. The highest BCUT2D eigenvalue weighted by atomic mass is 19.4. The largest absolute Gasteiger partial charge is 0.417 e. The molecule has 0 radical (unpaired) electrons. The number of benzene rings is 8. The van der Waals surface area contributed by atoms with Gasteiger partial charge in [-0.15, -0.1) is 0 Å². The Labute approximate surface area is 406 Å². The second-order valence-corrected chi connectivity index (χ2v) is 17.1. The van der Waals surface area contributed by atoms with Crippen molar-refractivity contribution in [3.05, 3.63) is 191 Å². The molecule has 0 saturated heterocycles. The van der Waals surface area contributed by atoms with Gasteiger partial charge in [0.05, 0.1) is 72.9 Å². The van der Waals surface area contributed by atoms with Crippen LogP contribution in [-0.2, 0) is 30.9 Å². The molecule has 0 fully saturated rings. The Kier molecular flexibility index (Phi) is 11.2. The van der Waals surface area contributed by atoms with E-state index in [0.29, 0.717) is 51.9 Å². The summed E-state index contributed by atoms with van der Waals surface area (Å²) in [5.74, 6) is 0. The molecule has 0 bridgehead atoms. The van der Waals surface area contributed by atoms with Crippen LogP contribution in [0.5, 0.6) is 0 Å². The molecule has 8 aromatic carbocycles. The van der Waals surface area contributed by atoms with Crippen LogP contribution in [-0.4, -0.2) is 9.13 Å². The van der Waals surface area contributed by atoms with Crippen LogP contribution in [0.25, 0.3) is 88.4 Å². The molecule has 2 heterocycles. The molecule has 0 unspecified atom stereocenters. The summed E-state index contributed by atoms with van der Waals surface area (Å²) < 4.78 is 218. The quantitative estimate of drug-likeness (QED) is 0.161. The number of alkyl halides is 15. The highest BCUT2D eigenvalue weighted by Crippen LogP contribution is 2.47. The predicted octanol–water partition coefficient (Wildman–Crippen LogP) is 17.7. The Morgan fingerprint density at radius 1 is 0.324 bits per heavy atom. The van der Waals surface area contributed by atoms with Gasteiger partial charge in [-0.25, -0.2) is 0 Å². The smallest absolute Gasteiger partial charge is 0.308 e. The normalized spacial score (nSPS) is 12.8. The first-order chi connectivity index (χ1) is 34.8. The Hall–Kier alpha value is -8.71. The lowest BCUT2D eigenvalue weighted by molar-refractivity contribution is -0.144. The van der Waals surface area contributed by atoms with Crippen molar-refractivity contribution in [3.63, 3.8) is 0 Å². The Morgan fingerprint density at radius 3 is 1.08 bits per heavy atom. The SMILES string of the molecule is N#Cc1cccc(C(F)(F)F)c1-c1cc(-n2c3ccccc3c3ccc(-c4cc(C(F)(F)F)cc(C(F)(F)F)c4)cc32)c(C#N)c(-n2c3ccccc3c3ccc(-c4cc(C(F)(F)F)cc(C(F)(F)F)c4)cc32)c1. The summed E-state index contributed by atoms with van der Waals surface area (Å²) in [5.41, 5.74) is -10.9. The van der Waals surface area contributed by atoms with Gasteiger partial charge in [0.15, 0.2) is 0 Å². The maximum absolute atomic E-state index is 15.1. The van der Waals surface area contributed by atoms with Gasteiger partial charge in [0, 0.05) is 27.1 Å². The van der Waals surface area contributed by atoms with Crippen LogP contribution in [0, 0.1) is 22.7 Å². The molecular weight excluding hydrogens is 1000 g/mol. The van der Waals surface area contributed by atoms with Gasteiger partial charge in [0.1, 0.15) is 11.6 Å². The van der Waals surface area contributed by atoms with E-state index in [1.807, 2.05) is 0 Å². The summed E-state index contributed by atoms with van der Waals surface area (Å²) in [6, 6.07) is 31.5. The standard InChI is InChI=1S/C55H25F15N4/c56-51(57,58)34-16-31(17-35(24-34)52(59,60)61)28-12-14-40-38-7-1-3-10-44(38)73(46(40)20-28)48-22-33(50-30(26-71)6-5-9-43(50)55(68,69)70)23-49(42(48)27-72)74-45-11-4-2-8-39(45)41-15-13-29(21-47(41)74)32-18-36(53(62,63)64)25-37(19-32)54(65,66)67/h1-25H. The first-order valence-corrected chi connectivity index (χ1v) is 21.6. The molecule has 0 amide bonds. The third kappa shape index (κ3) is 8.37. The maximum atomic E-state index is 15.1. The Bertz CT molecular complexity index is 3760. The van der Waals surface area contributed by atoms with E-state index in [0.717, 1.165) is 12.1 Å². The lowest BCUT2D eigenvalue weighted by atomic mass is 9.92. The van der Waals surface area contributed by atoms with Crippen molar-refractivity contribution in [2.45, 2.75) is 30.9 Å². The summed E-state index contributed by atoms with van der Waals surface area (Å²) >= 11 is 0. The summed E-state index contributed by atoms with van der Waals surface area (Å²) in [4.78, 5) is 0. The lowest BCUT2D eigenvalue weighted by Gasteiger charge is -2.21. The number of para-hydroxylation sites is 2. The Morgan fingerprint density at radius 2 is 0.716 bits per heavy atom. The fourth-order valence-corrected chi connectivity index (χ4v) is 9.48. The van der Waals surface area contributed by atoms with Crippen molar-refractivity contribution in [2.24, 2.45) is 0 Å². The highest BCUT2D eigenvalue weighted by molar-refractivity contribution is 6.12. The van der Waals surface area contributed by atoms with Gasteiger partial charge in [-0.2, -0.15) is 76.4 Å². The molecule has 10 aromatic rings. The lowest BCUT2D eigenvalue weighted by Crippen LogP contribution is -2.11. The van der Waals surface area contributed by atoms with E-state index in [1.54, 1.807) is 42.5 Å². The van der Waals surface area contributed by atoms with Gasteiger partial charge < -0.3 is 9.13 Å². The third-order valence-electron chi connectivity index (χ3n) is 12.7. The predicted molar refractivity (Wildman–Crippen MR) is 246 cm³/mol.